The van der Waals surface area contributed by atoms with E-state index in [1.54, 1.807) is 34.2 Å². The lowest BCUT2D eigenvalue weighted by molar-refractivity contribution is 0.0671. The minimum atomic E-state index is -0.259. The number of hydrogen-bond acceptors (Lipinski definition) is 5. The Hall–Kier alpha value is -3.29. The van der Waals surface area contributed by atoms with E-state index < -0.39 is 0 Å². The Kier molecular flexibility index (Phi) is 5.44. The molecule has 3 rings (SSSR count). The third-order valence-corrected chi connectivity index (χ3v) is 4.37. The number of nitrogens with one attached hydrogen (secondary N) is 1. The van der Waals surface area contributed by atoms with Gasteiger partial charge < -0.3 is 25.0 Å². The van der Waals surface area contributed by atoms with Gasteiger partial charge in [0.15, 0.2) is 0 Å². The SMILES string of the molecule is COc1ncc(C)cc1NC(=O)N1CCN(C(=O)c2cccc(O)c2)CC1. The number of rotatable bonds is 3. The zero-order valence-corrected chi connectivity index (χ0v) is 15.3. The number of urea groups is 1. The van der Waals surface area contributed by atoms with Crippen molar-refractivity contribution in [2.75, 3.05) is 38.6 Å². The summed E-state index contributed by atoms with van der Waals surface area (Å²) >= 11 is 0. The van der Waals surface area contributed by atoms with E-state index in [1.807, 2.05) is 6.92 Å². The van der Waals surface area contributed by atoms with Crippen LogP contribution < -0.4 is 10.1 Å². The molecule has 3 amide bonds. The molecule has 0 atom stereocenters. The maximum Gasteiger partial charge on any atom is 0.322 e. The molecule has 27 heavy (non-hydrogen) atoms. The Morgan fingerprint density at radius 2 is 1.85 bits per heavy atom. The molecule has 1 fully saturated rings. The van der Waals surface area contributed by atoms with Crippen molar-refractivity contribution in [3.8, 4) is 11.6 Å². The maximum atomic E-state index is 12.5. The van der Waals surface area contributed by atoms with Crippen molar-refractivity contribution in [1.29, 1.82) is 0 Å². The normalized spacial score (nSPS) is 14.0. The average molecular weight is 370 g/mol. The van der Waals surface area contributed by atoms with Crippen molar-refractivity contribution in [2.24, 2.45) is 0 Å². The van der Waals surface area contributed by atoms with Crippen LogP contribution in [0.15, 0.2) is 36.5 Å². The zero-order valence-electron chi connectivity index (χ0n) is 15.3. The molecule has 0 bridgehead atoms. The molecule has 1 aromatic carbocycles. The fourth-order valence-corrected chi connectivity index (χ4v) is 2.94. The third-order valence-electron chi connectivity index (χ3n) is 4.37. The van der Waals surface area contributed by atoms with Crippen molar-refractivity contribution in [3.05, 3.63) is 47.7 Å². The van der Waals surface area contributed by atoms with Crippen LogP contribution in [0.2, 0.25) is 0 Å². The van der Waals surface area contributed by atoms with Gasteiger partial charge in [-0.25, -0.2) is 9.78 Å². The van der Waals surface area contributed by atoms with Crippen LogP contribution in [0, 0.1) is 6.92 Å². The van der Waals surface area contributed by atoms with Gasteiger partial charge in [-0.1, -0.05) is 6.07 Å². The summed E-state index contributed by atoms with van der Waals surface area (Å²) in [6, 6.07) is 7.80. The van der Waals surface area contributed by atoms with Gasteiger partial charge in [-0.05, 0) is 36.8 Å². The molecule has 0 aliphatic carbocycles. The minimum absolute atomic E-state index is 0.0552. The summed E-state index contributed by atoms with van der Waals surface area (Å²) in [5, 5.41) is 12.3. The van der Waals surface area contributed by atoms with E-state index in [4.69, 9.17) is 4.74 Å². The average Bonchev–Trinajstić information content (AvgIpc) is 2.67. The molecule has 8 nitrogen and oxygen atoms in total. The second kappa shape index (κ2) is 7.94. The molecule has 1 saturated heterocycles. The molecule has 8 heteroatoms. The summed E-state index contributed by atoms with van der Waals surface area (Å²) in [4.78, 5) is 32.5. The number of aryl methyl sites for hydroxylation is 1. The number of amides is 3. The lowest BCUT2D eigenvalue weighted by Crippen LogP contribution is -2.51. The molecule has 1 aliphatic heterocycles. The lowest BCUT2D eigenvalue weighted by atomic mass is 10.1. The Morgan fingerprint density at radius 3 is 2.52 bits per heavy atom. The molecular formula is C19H22N4O4. The predicted molar refractivity (Wildman–Crippen MR) is 100 cm³/mol. The van der Waals surface area contributed by atoms with E-state index in [2.05, 4.69) is 10.3 Å². The van der Waals surface area contributed by atoms with E-state index in [-0.39, 0.29) is 17.7 Å². The fraction of sp³-hybridized carbons (Fsp3) is 0.316. The van der Waals surface area contributed by atoms with Crippen molar-refractivity contribution in [2.45, 2.75) is 6.92 Å². The van der Waals surface area contributed by atoms with E-state index in [1.165, 1.54) is 19.2 Å². The van der Waals surface area contributed by atoms with Crippen LogP contribution in [0.25, 0.3) is 0 Å². The number of aromatic hydroxyl groups is 1. The maximum absolute atomic E-state index is 12.5. The van der Waals surface area contributed by atoms with Crippen LogP contribution in [0.3, 0.4) is 0 Å². The van der Waals surface area contributed by atoms with Gasteiger partial charge in [-0.3, -0.25) is 4.79 Å². The van der Waals surface area contributed by atoms with Crippen molar-refractivity contribution >= 4 is 17.6 Å². The Balaban J connectivity index is 1.60. The number of methoxy groups -OCH3 is 1. The van der Waals surface area contributed by atoms with Crippen LogP contribution in [0.5, 0.6) is 11.6 Å². The quantitative estimate of drug-likeness (QED) is 0.863. The summed E-state index contributed by atoms with van der Waals surface area (Å²) in [6.07, 6.45) is 1.67. The van der Waals surface area contributed by atoms with Crippen LogP contribution in [-0.2, 0) is 0 Å². The number of anilines is 1. The highest BCUT2D eigenvalue weighted by molar-refractivity contribution is 5.95. The molecule has 1 aliphatic rings. The first-order valence-corrected chi connectivity index (χ1v) is 8.63. The van der Waals surface area contributed by atoms with E-state index >= 15 is 0 Å². The van der Waals surface area contributed by atoms with Crippen molar-refractivity contribution < 1.29 is 19.4 Å². The smallest absolute Gasteiger partial charge is 0.322 e. The number of phenols is 1. The fourth-order valence-electron chi connectivity index (χ4n) is 2.94. The molecule has 2 aromatic rings. The van der Waals surface area contributed by atoms with Gasteiger partial charge in [-0.2, -0.15) is 0 Å². The predicted octanol–water partition coefficient (Wildman–Crippen LogP) is 2.09. The number of benzene rings is 1. The first-order chi connectivity index (χ1) is 13.0. The highest BCUT2D eigenvalue weighted by atomic mass is 16.5. The van der Waals surface area contributed by atoms with Gasteiger partial charge in [0.2, 0.25) is 5.88 Å². The molecule has 2 heterocycles. The largest absolute Gasteiger partial charge is 0.508 e. The molecule has 0 saturated carbocycles. The summed E-state index contributed by atoms with van der Waals surface area (Å²) in [5.41, 5.74) is 1.86. The summed E-state index contributed by atoms with van der Waals surface area (Å²) in [5.74, 6) is 0.252. The van der Waals surface area contributed by atoms with E-state index in [0.717, 1.165) is 5.56 Å². The topological polar surface area (TPSA) is 95.0 Å². The van der Waals surface area contributed by atoms with E-state index in [0.29, 0.717) is 43.3 Å². The number of carbonyl (C=O) groups excluding carboxylic acids is 2. The summed E-state index contributed by atoms with van der Waals surface area (Å²) < 4.78 is 5.18. The number of piperazine rings is 1. The Labute approximate surface area is 157 Å². The second-order valence-corrected chi connectivity index (χ2v) is 6.33. The van der Waals surface area contributed by atoms with Crippen molar-refractivity contribution in [3.63, 3.8) is 0 Å². The molecule has 2 N–H and O–H groups in total. The number of pyridine rings is 1. The third kappa shape index (κ3) is 4.28. The molecule has 0 radical (unpaired) electrons. The molecule has 0 spiro atoms. The van der Waals surface area contributed by atoms with Crippen LogP contribution in [0.4, 0.5) is 10.5 Å². The first-order valence-electron chi connectivity index (χ1n) is 8.63. The molecule has 142 valence electrons. The van der Waals surface area contributed by atoms with Gasteiger partial charge >= 0.3 is 6.03 Å². The number of ether oxygens (including phenoxy) is 1. The van der Waals surface area contributed by atoms with Gasteiger partial charge in [0.25, 0.3) is 5.91 Å². The second-order valence-electron chi connectivity index (χ2n) is 6.33. The van der Waals surface area contributed by atoms with Crippen LogP contribution in [-0.4, -0.2) is 65.1 Å². The number of carbonyl (C=O) groups is 2. The summed E-state index contributed by atoms with van der Waals surface area (Å²) in [7, 11) is 1.50. The lowest BCUT2D eigenvalue weighted by Gasteiger charge is -2.34. The zero-order chi connectivity index (χ0) is 19.4. The van der Waals surface area contributed by atoms with Crippen LogP contribution >= 0.6 is 0 Å². The minimum Gasteiger partial charge on any atom is -0.508 e. The summed E-state index contributed by atoms with van der Waals surface area (Å²) in [6.45, 7) is 3.56. The van der Waals surface area contributed by atoms with E-state index in [9.17, 15) is 14.7 Å². The monoisotopic (exact) mass is 370 g/mol. The molecule has 0 unspecified atom stereocenters. The van der Waals surface area contributed by atoms with Gasteiger partial charge in [0.1, 0.15) is 11.4 Å². The first kappa shape index (κ1) is 18.5. The van der Waals surface area contributed by atoms with Crippen molar-refractivity contribution in [1.82, 2.24) is 14.8 Å². The number of phenolic OH excluding ortho intramolecular Hbond substituents is 1. The number of aromatic nitrogens is 1. The standard InChI is InChI=1S/C19H22N4O4/c1-13-10-16(17(27-2)20-12-13)21-19(26)23-8-6-22(7-9-23)18(25)14-4-3-5-15(24)11-14/h3-5,10-12,24H,6-9H2,1-2H3,(H,21,26). The molecule has 1 aromatic heterocycles. The highest BCUT2D eigenvalue weighted by Gasteiger charge is 2.25. The Morgan fingerprint density at radius 1 is 1.15 bits per heavy atom. The van der Waals surface area contributed by atoms with Gasteiger partial charge in [-0.15, -0.1) is 0 Å². The Bertz CT molecular complexity index is 847. The highest BCUT2D eigenvalue weighted by Crippen LogP contribution is 2.22. The molecular weight excluding hydrogens is 348 g/mol. The van der Waals surface area contributed by atoms with Crippen LogP contribution in [0.1, 0.15) is 15.9 Å². The number of hydrogen-bond donors (Lipinski definition) is 2. The van der Waals surface area contributed by atoms with Gasteiger partial charge in [0, 0.05) is 37.9 Å². The number of nitrogens with zero attached hydrogens (tertiary/aromatic N) is 3. The van der Waals surface area contributed by atoms with Gasteiger partial charge in [0.05, 0.1) is 7.11 Å².